The SMILES string of the molecule is CCOC(=O)CN(Cc1noc(-c2ccsc2)n1)C(C)C. The largest absolute Gasteiger partial charge is 0.465 e. The Balaban J connectivity index is 2.02. The number of thiophene rings is 1. The summed E-state index contributed by atoms with van der Waals surface area (Å²) in [5, 5.41) is 7.89. The molecule has 0 saturated carbocycles. The van der Waals surface area contributed by atoms with E-state index in [0.717, 1.165) is 5.56 Å². The number of hydrogen-bond acceptors (Lipinski definition) is 7. The average molecular weight is 309 g/mol. The molecule has 0 N–H and O–H groups in total. The monoisotopic (exact) mass is 309 g/mol. The molecule has 114 valence electrons. The molecule has 0 spiro atoms. The normalized spacial score (nSPS) is 11.3. The molecule has 21 heavy (non-hydrogen) atoms. The van der Waals surface area contributed by atoms with E-state index in [-0.39, 0.29) is 18.6 Å². The third-order valence-electron chi connectivity index (χ3n) is 2.95. The summed E-state index contributed by atoms with van der Waals surface area (Å²) in [7, 11) is 0. The van der Waals surface area contributed by atoms with Gasteiger partial charge in [0.2, 0.25) is 0 Å². The Morgan fingerprint density at radius 1 is 1.52 bits per heavy atom. The second-order valence-corrected chi connectivity index (χ2v) is 5.61. The van der Waals surface area contributed by atoms with Crippen molar-refractivity contribution in [3.63, 3.8) is 0 Å². The van der Waals surface area contributed by atoms with Crippen molar-refractivity contribution >= 4 is 17.3 Å². The molecule has 2 heterocycles. The van der Waals surface area contributed by atoms with E-state index in [1.807, 2.05) is 35.6 Å². The maximum absolute atomic E-state index is 11.6. The topological polar surface area (TPSA) is 68.5 Å². The van der Waals surface area contributed by atoms with Crippen LogP contribution in [-0.2, 0) is 16.1 Å². The highest BCUT2D eigenvalue weighted by Gasteiger charge is 2.18. The molecule has 0 radical (unpaired) electrons. The van der Waals surface area contributed by atoms with Crippen molar-refractivity contribution in [3.05, 3.63) is 22.7 Å². The van der Waals surface area contributed by atoms with Crippen LogP contribution in [0.3, 0.4) is 0 Å². The molecule has 0 amide bonds. The maximum Gasteiger partial charge on any atom is 0.320 e. The standard InChI is InChI=1S/C14H19N3O3S/c1-4-19-13(18)8-17(10(2)3)7-12-15-14(20-16-12)11-5-6-21-9-11/h5-6,9-10H,4,7-8H2,1-3H3. The summed E-state index contributed by atoms with van der Waals surface area (Å²) in [6.07, 6.45) is 0. The summed E-state index contributed by atoms with van der Waals surface area (Å²) in [6.45, 7) is 6.87. The quantitative estimate of drug-likeness (QED) is 0.732. The third-order valence-corrected chi connectivity index (χ3v) is 3.63. The van der Waals surface area contributed by atoms with Crippen LogP contribution in [0.4, 0.5) is 0 Å². The third kappa shape index (κ3) is 4.37. The minimum Gasteiger partial charge on any atom is -0.465 e. The van der Waals surface area contributed by atoms with E-state index in [9.17, 15) is 4.79 Å². The summed E-state index contributed by atoms with van der Waals surface area (Å²) >= 11 is 1.58. The Morgan fingerprint density at radius 3 is 2.95 bits per heavy atom. The van der Waals surface area contributed by atoms with E-state index in [1.165, 1.54) is 0 Å². The lowest BCUT2D eigenvalue weighted by Crippen LogP contribution is -2.36. The number of rotatable bonds is 7. The molecule has 0 atom stereocenters. The van der Waals surface area contributed by atoms with Crippen molar-refractivity contribution < 1.29 is 14.1 Å². The summed E-state index contributed by atoms with van der Waals surface area (Å²) < 4.78 is 10.2. The van der Waals surface area contributed by atoms with Crippen molar-refractivity contribution in [3.8, 4) is 11.5 Å². The second-order valence-electron chi connectivity index (χ2n) is 4.83. The number of nitrogens with zero attached hydrogens (tertiary/aromatic N) is 3. The van der Waals surface area contributed by atoms with Gasteiger partial charge in [0.15, 0.2) is 5.82 Å². The maximum atomic E-state index is 11.6. The summed E-state index contributed by atoms with van der Waals surface area (Å²) in [5.74, 6) is 0.827. The molecule has 2 aromatic rings. The van der Waals surface area contributed by atoms with Crippen LogP contribution < -0.4 is 0 Å². The molecule has 2 aromatic heterocycles. The number of carbonyl (C=O) groups is 1. The van der Waals surface area contributed by atoms with Crippen LogP contribution in [0.25, 0.3) is 11.5 Å². The number of ether oxygens (including phenoxy) is 1. The average Bonchev–Trinajstić information content (AvgIpc) is 3.08. The highest BCUT2D eigenvalue weighted by atomic mass is 32.1. The molecular formula is C14H19N3O3S. The molecule has 0 fully saturated rings. The van der Waals surface area contributed by atoms with Gasteiger partial charge in [-0.25, -0.2) is 0 Å². The van der Waals surface area contributed by atoms with Gasteiger partial charge in [-0.05, 0) is 32.2 Å². The number of carbonyl (C=O) groups excluding carboxylic acids is 1. The van der Waals surface area contributed by atoms with Crippen LogP contribution in [0.15, 0.2) is 21.3 Å². The minimum absolute atomic E-state index is 0.178. The van der Waals surface area contributed by atoms with Crippen molar-refractivity contribution in [2.45, 2.75) is 33.4 Å². The van der Waals surface area contributed by atoms with Gasteiger partial charge in [0.1, 0.15) is 0 Å². The van der Waals surface area contributed by atoms with Gasteiger partial charge in [-0.3, -0.25) is 9.69 Å². The zero-order valence-electron chi connectivity index (χ0n) is 12.4. The first-order valence-corrected chi connectivity index (χ1v) is 7.79. The predicted octanol–water partition coefficient (Wildman–Crippen LogP) is 2.57. The van der Waals surface area contributed by atoms with Gasteiger partial charge in [0.25, 0.3) is 5.89 Å². The summed E-state index contributed by atoms with van der Waals surface area (Å²) in [6, 6.07) is 2.11. The van der Waals surface area contributed by atoms with Gasteiger partial charge in [-0.15, -0.1) is 0 Å². The van der Waals surface area contributed by atoms with Crippen LogP contribution in [0.5, 0.6) is 0 Å². The molecule has 0 aliphatic carbocycles. The Hall–Kier alpha value is -1.73. The van der Waals surface area contributed by atoms with Crippen molar-refractivity contribution in [2.24, 2.45) is 0 Å². The van der Waals surface area contributed by atoms with E-state index >= 15 is 0 Å². The highest BCUT2D eigenvalue weighted by molar-refractivity contribution is 7.08. The smallest absolute Gasteiger partial charge is 0.320 e. The van der Waals surface area contributed by atoms with E-state index < -0.39 is 0 Å². The lowest BCUT2D eigenvalue weighted by Gasteiger charge is -2.23. The Bertz CT molecular complexity index is 566. The summed E-state index contributed by atoms with van der Waals surface area (Å²) in [5.41, 5.74) is 0.917. The lowest BCUT2D eigenvalue weighted by molar-refractivity contribution is -0.145. The first kappa shape index (κ1) is 15.7. The first-order valence-electron chi connectivity index (χ1n) is 6.85. The molecule has 0 aliphatic heterocycles. The van der Waals surface area contributed by atoms with Crippen LogP contribution >= 0.6 is 11.3 Å². The fourth-order valence-corrected chi connectivity index (χ4v) is 2.43. The molecular weight excluding hydrogens is 290 g/mol. The molecule has 0 aliphatic rings. The zero-order chi connectivity index (χ0) is 15.2. The zero-order valence-corrected chi connectivity index (χ0v) is 13.2. The van der Waals surface area contributed by atoms with Crippen LogP contribution in [-0.4, -0.2) is 40.2 Å². The van der Waals surface area contributed by atoms with Crippen LogP contribution in [0, 0.1) is 0 Å². The lowest BCUT2D eigenvalue weighted by atomic mass is 10.3. The van der Waals surface area contributed by atoms with Gasteiger partial charge < -0.3 is 9.26 Å². The minimum atomic E-state index is -0.243. The van der Waals surface area contributed by atoms with E-state index in [1.54, 1.807) is 18.3 Å². The van der Waals surface area contributed by atoms with Gasteiger partial charge >= 0.3 is 5.97 Å². The van der Waals surface area contributed by atoms with Crippen LogP contribution in [0.2, 0.25) is 0 Å². The number of aromatic nitrogens is 2. The number of hydrogen-bond donors (Lipinski definition) is 0. The Labute approximate surface area is 127 Å². The molecule has 6 nitrogen and oxygen atoms in total. The molecule has 0 unspecified atom stereocenters. The molecule has 2 rings (SSSR count). The van der Waals surface area contributed by atoms with E-state index in [0.29, 0.717) is 24.9 Å². The van der Waals surface area contributed by atoms with Crippen molar-refractivity contribution in [2.75, 3.05) is 13.2 Å². The predicted molar refractivity (Wildman–Crippen MR) is 79.8 cm³/mol. The van der Waals surface area contributed by atoms with Gasteiger partial charge in [0.05, 0.1) is 25.3 Å². The molecule has 7 heteroatoms. The molecule has 0 saturated heterocycles. The van der Waals surface area contributed by atoms with Gasteiger partial charge in [-0.1, -0.05) is 5.16 Å². The van der Waals surface area contributed by atoms with Crippen molar-refractivity contribution in [1.82, 2.24) is 15.0 Å². The van der Waals surface area contributed by atoms with Gasteiger partial charge in [0, 0.05) is 11.4 Å². The molecule has 0 aromatic carbocycles. The number of esters is 1. The fraction of sp³-hybridized carbons (Fsp3) is 0.500. The fourth-order valence-electron chi connectivity index (χ4n) is 1.80. The van der Waals surface area contributed by atoms with E-state index in [2.05, 4.69) is 10.1 Å². The van der Waals surface area contributed by atoms with Gasteiger partial charge in [-0.2, -0.15) is 16.3 Å². The Kier molecular flexibility index (Phi) is 5.46. The summed E-state index contributed by atoms with van der Waals surface area (Å²) in [4.78, 5) is 17.9. The Morgan fingerprint density at radius 2 is 2.33 bits per heavy atom. The van der Waals surface area contributed by atoms with E-state index in [4.69, 9.17) is 9.26 Å². The van der Waals surface area contributed by atoms with Crippen LogP contribution in [0.1, 0.15) is 26.6 Å². The van der Waals surface area contributed by atoms with Crippen molar-refractivity contribution in [1.29, 1.82) is 0 Å². The first-order chi connectivity index (χ1) is 10.1. The second kappa shape index (κ2) is 7.33. The molecule has 0 bridgehead atoms. The highest BCUT2D eigenvalue weighted by Crippen LogP contribution is 2.20.